The third kappa shape index (κ3) is 3.08. The van der Waals surface area contributed by atoms with Crippen molar-refractivity contribution in [3.8, 4) is 0 Å². The fraction of sp³-hybridized carbons (Fsp3) is 1.00. The van der Waals surface area contributed by atoms with Crippen molar-refractivity contribution < 1.29 is 4.74 Å². The van der Waals surface area contributed by atoms with Crippen LogP contribution in [0.25, 0.3) is 0 Å². The first-order valence-corrected chi connectivity index (χ1v) is 8.29. The zero-order chi connectivity index (χ0) is 12.2. The molecule has 0 radical (unpaired) electrons. The Morgan fingerprint density at radius 3 is 2.17 bits per heavy atom. The molecule has 3 fully saturated rings. The SMILES string of the molecule is C1CCC(C2CN(C3CCCCC3)CCO2)CC1. The van der Waals surface area contributed by atoms with Gasteiger partial charge in [0.1, 0.15) is 0 Å². The van der Waals surface area contributed by atoms with Crippen molar-refractivity contribution in [1.29, 1.82) is 0 Å². The summed E-state index contributed by atoms with van der Waals surface area (Å²) in [5.41, 5.74) is 0. The van der Waals surface area contributed by atoms with E-state index in [1.165, 1.54) is 77.3 Å². The molecule has 1 unspecified atom stereocenters. The summed E-state index contributed by atoms with van der Waals surface area (Å²) >= 11 is 0. The Kier molecular flexibility index (Phi) is 4.58. The summed E-state index contributed by atoms with van der Waals surface area (Å²) in [5.74, 6) is 0.866. The maximum Gasteiger partial charge on any atom is 0.0730 e. The second-order valence-electron chi connectivity index (χ2n) is 6.59. The third-order valence-corrected chi connectivity index (χ3v) is 5.39. The van der Waals surface area contributed by atoms with Crippen LogP contribution in [-0.4, -0.2) is 36.7 Å². The van der Waals surface area contributed by atoms with Gasteiger partial charge in [-0.15, -0.1) is 0 Å². The number of ether oxygens (including phenoxy) is 1. The number of hydrogen-bond donors (Lipinski definition) is 0. The summed E-state index contributed by atoms with van der Waals surface area (Å²) in [7, 11) is 0. The molecule has 0 aromatic heterocycles. The monoisotopic (exact) mass is 251 g/mol. The Morgan fingerprint density at radius 2 is 1.44 bits per heavy atom. The summed E-state index contributed by atoms with van der Waals surface area (Å²) in [4.78, 5) is 2.77. The summed E-state index contributed by atoms with van der Waals surface area (Å²) in [5, 5.41) is 0. The molecule has 104 valence electrons. The molecule has 0 aromatic carbocycles. The lowest BCUT2D eigenvalue weighted by molar-refractivity contribution is -0.0795. The molecule has 0 spiro atoms. The van der Waals surface area contributed by atoms with Gasteiger partial charge in [-0.3, -0.25) is 4.90 Å². The van der Waals surface area contributed by atoms with Crippen LogP contribution in [0.2, 0.25) is 0 Å². The molecule has 0 N–H and O–H groups in total. The molecule has 2 aliphatic carbocycles. The van der Waals surface area contributed by atoms with E-state index in [1.807, 2.05) is 0 Å². The number of morpholine rings is 1. The average molecular weight is 251 g/mol. The van der Waals surface area contributed by atoms with Crippen molar-refractivity contribution in [1.82, 2.24) is 4.90 Å². The smallest absolute Gasteiger partial charge is 0.0730 e. The Bertz CT molecular complexity index is 219. The van der Waals surface area contributed by atoms with Gasteiger partial charge in [0.2, 0.25) is 0 Å². The van der Waals surface area contributed by atoms with Crippen molar-refractivity contribution >= 4 is 0 Å². The van der Waals surface area contributed by atoms with Crippen LogP contribution in [0.15, 0.2) is 0 Å². The molecule has 0 bridgehead atoms. The van der Waals surface area contributed by atoms with Gasteiger partial charge >= 0.3 is 0 Å². The zero-order valence-electron chi connectivity index (χ0n) is 11.8. The van der Waals surface area contributed by atoms with Crippen LogP contribution in [0.4, 0.5) is 0 Å². The molecule has 1 atom stereocenters. The fourth-order valence-electron chi connectivity index (χ4n) is 4.27. The standard InChI is InChI=1S/C16H29NO/c1-3-7-14(8-4-1)16-13-17(11-12-18-16)15-9-5-2-6-10-15/h14-16H,1-13H2. The zero-order valence-corrected chi connectivity index (χ0v) is 11.8. The molecule has 2 nitrogen and oxygen atoms in total. The van der Waals surface area contributed by atoms with Crippen LogP contribution in [0.5, 0.6) is 0 Å². The van der Waals surface area contributed by atoms with Gasteiger partial charge in [0.25, 0.3) is 0 Å². The molecule has 3 aliphatic rings. The van der Waals surface area contributed by atoms with Crippen molar-refractivity contribution in [3.63, 3.8) is 0 Å². The molecule has 2 heteroatoms. The first kappa shape index (κ1) is 12.9. The van der Waals surface area contributed by atoms with Gasteiger partial charge in [-0.05, 0) is 31.6 Å². The Hall–Kier alpha value is -0.0800. The van der Waals surface area contributed by atoms with E-state index in [0.29, 0.717) is 6.10 Å². The maximum atomic E-state index is 6.10. The number of rotatable bonds is 2. The van der Waals surface area contributed by atoms with E-state index in [2.05, 4.69) is 4.90 Å². The second kappa shape index (κ2) is 6.38. The van der Waals surface area contributed by atoms with Crippen molar-refractivity contribution in [2.45, 2.75) is 76.4 Å². The second-order valence-corrected chi connectivity index (χ2v) is 6.59. The van der Waals surface area contributed by atoms with Crippen molar-refractivity contribution in [2.75, 3.05) is 19.7 Å². The molecule has 18 heavy (non-hydrogen) atoms. The van der Waals surface area contributed by atoms with E-state index in [0.717, 1.165) is 18.6 Å². The molecule has 1 aliphatic heterocycles. The topological polar surface area (TPSA) is 12.5 Å². The van der Waals surface area contributed by atoms with E-state index in [9.17, 15) is 0 Å². The lowest BCUT2D eigenvalue weighted by Crippen LogP contribution is -2.50. The van der Waals surface area contributed by atoms with E-state index < -0.39 is 0 Å². The van der Waals surface area contributed by atoms with Gasteiger partial charge < -0.3 is 4.74 Å². The minimum absolute atomic E-state index is 0.556. The molecular weight excluding hydrogens is 222 g/mol. The molecule has 1 saturated heterocycles. The first-order valence-electron chi connectivity index (χ1n) is 8.29. The highest BCUT2D eigenvalue weighted by Gasteiger charge is 2.32. The third-order valence-electron chi connectivity index (χ3n) is 5.39. The van der Waals surface area contributed by atoms with Crippen molar-refractivity contribution in [2.24, 2.45) is 5.92 Å². The Labute approximate surface area is 112 Å². The normalized spacial score (nSPS) is 33.7. The number of hydrogen-bond acceptors (Lipinski definition) is 2. The molecule has 0 aromatic rings. The van der Waals surface area contributed by atoms with Crippen molar-refractivity contribution in [3.05, 3.63) is 0 Å². The van der Waals surface area contributed by atoms with Gasteiger partial charge in [0, 0.05) is 19.1 Å². The van der Waals surface area contributed by atoms with Crippen LogP contribution in [0.1, 0.15) is 64.2 Å². The highest BCUT2D eigenvalue weighted by Crippen LogP contribution is 2.31. The highest BCUT2D eigenvalue weighted by molar-refractivity contribution is 4.84. The molecule has 3 rings (SSSR count). The maximum absolute atomic E-state index is 6.10. The minimum atomic E-state index is 0.556. The largest absolute Gasteiger partial charge is 0.375 e. The number of nitrogens with zero attached hydrogens (tertiary/aromatic N) is 1. The van der Waals surface area contributed by atoms with Crippen LogP contribution in [0.3, 0.4) is 0 Å². The molecule has 1 heterocycles. The van der Waals surface area contributed by atoms with E-state index in [1.54, 1.807) is 0 Å². The minimum Gasteiger partial charge on any atom is -0.375 e. The van der Waals surface area contributed by atoms with Crippen LogP contribution >= 0.6 is 0 Å². The fourth-order valence-corrected chi connectivity index (χ4v) is 4.27. The summed E-state index contributed by atoms with van der Waals surface area (Å²) in [6, 6.07) is 0.883. The van der Waals surface area contributed by atoms with Crippen LogP contribution < -0.4 is 0 Å². The lowest BCUT2D eigenvalue weighted by atomic mass is 9.84. The van der Waals surface area contributed by atoms with Gasteiger partial charge in [-0.2, -0.15) is 0 Å². The Morgan fingerprint density at radius 1 is 0.778 bits per heavy atom. The highest BCUT2D eigenvalue weighted by atomic mass is 16.5. The van der Waals surface area contributed by atoms with E-state index in [-0.39, 0.29) is 0 Å². The Balaban J connectivity index is 1.53. The molecule has 0 amide bonds. The molecular formula is C16H29NO. The predicted octanol–water partition coefficient (Wildman–Crippen LogP) is 3.60. The average Bonchev–Trinajstić information content (AvgIpc) is 2.49. The first-order chi connectivity index (χ1) is 8.93. The van der Waals surface area contributed by atoms with E-state index in [4.69, 9.17) is 4.74 Å². The predicted molar refractivity (Wildman–Crippen MR) is 74.8 cm³/mol. The lowest BCUT2D eigenvalue weighted by Gasteiger charge is -2.43. The molecule has 2 saturated carbocycles. The van der Waals surface area contributed by atoms with Crippen LogP contribution in [0, 0.1) is 5.92 Å². The summed E-state index contributed by atoms with van der Waals surface area (Å²) < 4.78 is 6.10. The van der Waals surface area contributed by atoms with Gasteiger partial charge in [-0.25, -0.2) is 0 Å². The quantitative estimate of drug-likeness (QED) is 0.743. The van der Waals surface area contributed by atoms with Gasteiger partial charge in [0.15, 0.2) is 0 Å². The van der Waals surface area contributed by atoms with Crippen LogP contribution in [-0.2, 0) is 4.74 Å². The van der Waals surface area contributed by atoms with E-state index >= 15 is 0 Å². The van der Waals surface area contributed by atoms with Gasteiger partial charge in [0.05, 0.1) is 12.7 Å². The van der Waals surface area contributed by atoms with Gasteiger partial charge in [-0.1, -0.05) is 38.5 Å². The summed E-state index contributed by atoms with van der Waals surface area (Å²) in [6.07, 6.45) is 15.0. The summed E-state index contributed by atoms with van der Waals surface area (Å²) in [6.45, 7) is 3.40.